The number of para-hydroxylation sites is 1. The maximum absolute atomic E-state index is 12.3. The third-order valence-corrected chi connectivity index (χ3v) is 4.69. The van der Waals surface area contributed by atoms with Gasteiger partial charge in [0, 0.05) is 5.69 Å². The Morgan fingerprint density at radius 2 is 1.86 bits per heavy atom. The molecule has 1 N–H and O–H groups in total. The van der Waals surface area contributed by atoms with Gasteiger partial charge in [-0.2, -0.15) is 4.98 Å². The number of aromatic amines is 1. The van der Waals surface area contributed by atoms with Crippen LogP contribution in [0.25, 0.3) is 28.0 Å². The monoisotopic (exact) mass is 389 g/mol. The predicted octanol–water partition coefficient (Wildman–Crippen LogP) is 3.14. The second-order valence-corrected chi connectivity index (χ2v) is 6.68. The molecule has 2 aliphatic heterocycles. The molecule has 0 aromatic heterocycles. The van der Waals surface area contributed by atoms with Crippen molar-refractivity contribution in [3.63, 3.8) is 0 Å². The number of carbonyl (C=O) groups excluding carboxylic acids is 1. The maximum Gasteiger partial charge on any atom is 0.349 e. The van der Waals surface area contributed by atoms with Crippen LogP contribution in [0.3, 0.4) is 0 Å². The van der Waals surface area contributed by atoms with Gasteiger partial charge in [0.15, 0.2) is 5.82 Å². The smallest absolute Gasteiger partial charge is 0.349 e. The molecule has 0 aliphatic carbocycles. The number of esters is 1. The number of H-pyrrole nitrogens is 1. The minimum atomic E-state index is -0.706. The molecular formula is C22H19N3O4. The summed E-state index contributed by atoms with van der Waals surface area (Å²) in [5.74, 6) is -0.120. The van der Waals surface area contributed by atoms with Gasteiger partial charge in [-0.15, -0.1) is 0 Å². The van der Waals surface area contributed by atoms with E-state index in [2.05, 4.69) is 9.97 Å². The number of hydrogen-bond donors (Lipinski definition) is 1. The Hall–Kier alpha value is -3.74. The Bertz CT molecular complexity index is 1270. The van der Waals surface area contributed by atoms with E-state index in [-0.39, 0.29) is 11.8 Å². The summed E-state index contributed by atoms with van der Waals surface area (Å²) in [5.41, 5.74) is 1.01. The van der Waals surface area contributed by atoms with Crippen LogP contribution in [-0.4, -0.2) is 27.1 Å². The number of pyridine rings is 1. The van der Waals surface area contributed by atoms with Gasteiger partial charge in [0.2, 0.25) is 0 Å². The standard InChI is InChI=1S/C22H19N3O4/c1-2-3-12-29-21(27)14-8-10-16(11-9-14)25-18-7-5-4-6-15(18)13-17-19(25)23-22(28)24-20(17)26/h4-11,13H,2-3,12H2,1H3,(H,24,26,28). The number of aromatic nitrogens is 3. The lowest BCUT2D eigenvalue weighted by Gasteiger charge is -2.17. The summed E-state index contributed by atoms with van der Waals surface area (Å²) in [6.45, 7) is 2.42. The first kappa shape index (κ1) is 18.6. The Morgan fingerprint density at radius 1 is 1.10 bits per heavy atom. The lowest BCUT2D eigenvalue weighted by Crippen LogP contribution is -2.27. The second kappa shape index (κ2) is 7.71. The van der Waals surface area contributed by atoms with Gasteiger partial charge in [-0.05, 0) is 48.2 Å². The third-order valence-electron chi connectivity index (χ3n) is 4.69. The summed E-state index contributed by atoms with van der Waals surface area (Å²) in [6, 6.07) is 16.0. The molecule has 2 aromatic carbocycles. The first-order valence-corrected chi connectivity index (χ1v) is 9.41. The Balaban J connectivity index is 1.85. The van der Waals surface area contributed by atoms with Crippen molar-refractivity contribution < 1.29 is 9.53 Å². The summed E-state index contributed by atoms with van der Waals surface area (Å²) in [5, 5.41) is 0.828. The van der Waals surface area contributed by atoms with Crippen molar-refractivity contribution >= 4 is 16.9 Å². The molecule has 0 fully saturated rings. The van der Waals surface area contributed by atoms with Gasteiger partial charge in [-0.1, -0.05) is 31.5 Å². The van der Waals surface area contributed by atoms with Crippen LogP contribution in [0.4, 0.5) is 0 Å². The molecule has 4 rings (SSSR count). The van der Waals surface area contributed by atoms with Gasteiger partial charge in [-0.3, -0.25) is 14.3 Å². The molecule has 2 heterocycles. The molecule has 29 heavy (non-hydrogen) atoms. The lowest BCUT2D eigenvalue weighted by molar-refractivity contribution is 0.0500. The number of nitrogens with zero attached hydrogens (tertiary/aromatic N) is 2. The average Bonchev–Trinajstić information content (AvgIpc) is 2.73. The van der Waals surface area contributed by atoms with E-state index in [1.807, 2.05) is 31.2 Å². The number of fused-ring (bicyclic) bond motifs is 2. The van der Waals surface area contributed by atoms with Gasteiger partial charge in [-0.25, -0.2) is 9.59 Å². The third kappa shape index (κ3) is 3.54. The highest BCUT2D eigenvalue weighted by Crippen LogP contribution is 2.27. The SMILES string of the molecule is CCCCOC(=O)c1ccc(-n2c3nc(=O)[nH]c(=O)c-3cc3ccccc32)cc1. The molecule has 0 saturated carbocycles. The van der Waals surface area contributed by atoms with E-state index in [9.17, 15) is 14.4 Å². The van der Waals surface area contributed by atoms with Crippen LogP contribution in [-0.2, 0) is 4.74 Å². The van der Waals surface area contributed by atoms with Crippen LogP contribution < -0.4 is 11.2 Å². The normalized spacial score (nSPS) is 11.1. The molecule has 0 saturated heterocycles. The molecule has 0 atom stereocenters. The predicted molar refractivity (Wildman–Crippen MR) is 110 cm³/mol. The first-order valence-electron chi connectivity index (χ1n) is 9.41. The van der Waals surface area contributed by atoms with Crippen molar-refractivity contribution in [2.75, 3.05) is 6.61 Å². The summed E-state index contributed by atoms with van der Waals surface area (Å²) in [4.78, 5) is 42.6. The molecule has 2 aliphatic rings. The minimum Gasteiger partial charge on any atom is -0.462 e. The fourth-order valence-electron chi connectivity index (χ4n) is 3.23. The Labute approximate surface area is 165 Å². The maximum atomic E-state index is 12.3. The second-order valence-electron chi connectivity index (χ2n) is 6.68. The summed E-state index contributed by atoms with van der Waals surface area (Å²) < 4.78 is 6.98. The number of hydrogen-bond acceptors (Lipinski definition) is 5. The number of nitrogens with one attached hydrogen (secondary N) is 1. The Morgan fingerprint density at radius 3 is 2.62 bits per heavy atom. The van der Waals surface area contributed by atoms with Crippen LogP contribution in [0.1, 0.15) is 30.1 Å². The highest BCUT2D eigenvalue weighted by Gasteiger charge is 2.18. The average molecular weight is 389 g/mol. The minimum absolute atomic E-state index is 0.260. The zero-order valence-corrected chi connectivity index (χ0v) is 15.8. The van der Waals surface area contributed by atoms with Crippen LogP contribution in [0, 0.1) is 0 Å². The number of unbranched alkanes of at least 4 members (excludes halogenated alkanes) is 1. The van der Waals surface area contributed by atoms with Crippen molar-refractivity contribution in [2.45, 2.75) is 19.8 Å². The van der Waals surface area contributed by atoms with Crippen molar-refractivity contribution in [3.8, 4) is 17.1 Å². The van der Waals surface area contributed by atoms with Crippen molar-refractivity contribution in [3.05, 3.63) is 81.0 Å². The highest BCUT2D eigenvalue weighted by atomic mass is 16.5. The van der Waals surface area contributed by atoms with E-state index in [4.69, 9.17) is 4.74 Å². The van der Waals surface area contributed by atoms with E-state index in [1.165, 1.54) is 0 Å². The van der Waals surface area contributed by atoms with Gasteiger partial charge in [0.1, 0.15) is 0 Å². The molecule has 2 aromatic rings. The molecule has 0 unspecified atom stereocenters. The largest absolute Gasteiger partial charge is 0.462 e. The molecular weight excluding hydrogens is 370 g/mol. The lowest BCUT2D eigenvalue weighted by atomic mass is 10.1. The van der Waals surface area contributed by atoms with E-state index in [0.29, 0.717) is 23.4 Å². The van der Waals surface area contributed by atoms with Crippen molar-refractivity contribution in [1.29, 1.82) is 0 Å². The topological polar surface area (TPSA) is 94.1 Å². The quantitative estimate of drug-likeness (QED) is 0.321. The fourth-order valence-corrected chi connectivity index (χ4v) is 3.23. The molecule has 0 radical (unpaired) electrons. The summed E-state index contributed by atoms with van der Waals surface area (Å²) >= 11 is 0. The van der Waals surface area contributed by atoms with Gasteiger partial charge < -0.3 is 4.74 Å². The van der Waals surface area contributed by atoms with E-state index in [0.717, 1.165) is 23.7 Å². The first-order chi connectivity index (χ1) is 14.1. The van der Waals surface area contributed by atoms with Crippen molar-refractivity contribution in [1.82, 2.24) is 14.5 Å². The van der Waals surface area contributed by atoms with Gasteiger partial charge in [0.25, 0.3) is 5.56 Å². The molecule has 7 nitrogen and oxygen atoms in total. The number of benzene rings is 2. The highest BCUT2D eigenvalue weighted by molar-refractivity contribution is 5.90. The van der Waals surface area contributed by atoms with E-state index in [1.54, 1.807) is 34.9 Å². The summed E-state index contributed by atoms with van der Waals surface area (Å²) in [6.07, 6.45) is 1.77. The zero-order valence-electron chi connectivity index (χ0n) is 15.8. The number of carbonyl (C=O) groups is 1. The number of ether oxygens (including phenoxy) is 1. The van der Waals surface area contributed by atoms with Crippen LogP contribution >= 0.6 is 0 Å². The zero-order chi connectivity index (χ0) is 20.4. The summed E-state index contributed by atoms with van der Waals surface area (Å²) in [7, 11) is 0. The van der Waals surface area contributed by atoms with Crippen molar-refractivity contribution in [2.24, 2.45) is 0 Å². The van der Waals surface area contributed by atoms with E-state index >= 15 is 0 Å². The van der Waals surface area contributed by atoms with Gasteiger partial charge >= 0.3 is 11.7 Å². The van der Waals surface area contributed by atoms with E-state index < -0.39 is 11.2 Å². The Kier molecular flexibility index (Phi) is 4.95. The van der Waals surface area contributed by atoms with Crippen LogP contribution in [0.2, 0.25) is 0 Å². The fraction of sp³-hybridized carbons (Fsp3) is 0.182. The molecule has 7 heteroatoms. The molecule has 0 amide bonds. The van der Waals surface area contributed by atoms with Crippen LogP contribution in [0.15, 0.2) is 64.2 Å². The van der Waals surface area contributed by atoms with Crippen LogP contribution in [0.5, 0.6) is 0 Å². The molecule has 0 bridgehead atoms. The molecule has 146 valence electrons. The van der Waals surface area contributed by atoms with Gasteiger partial charge in [0.05, 0.1) is 23.3 Å². The molecule has 0 spiro atoms. The number of rotatable bonds is 5.